The van der Waals surface area contributed by atoms with Gasteiger partial charge in [-0.2, -0.15) is 4.99 Å². The molecule has 1 unspecified atom stereocenters. The molecule has 2 aromatic carbocycles. The van der Waals surface area contributed by atoms with E-state index >= 15 is 0 Å². The lowest BCUT2D eigenvalue weighted by atomic mass is 10.0. The van der Waals surface area contributed by atoms with Crippen molar-refractivity contribution in [1.82, 2.24) is 19.7 Å². The number of fused-ring (bicyclic) bond motifs is 1. The molecule has 9 nitrogen and oxygen atoms in total. The minimum Gasteiger partial charge on any atom is -0.400 e. The maximum absolute atomic E-state index is 13.6. The molecule has 2 aliphatic rings. The van der Waals surface area contributed by atoms with Crippen molar-refractivity contribution in [3.8, 4) is 0 Å². The lowest BCUT2D eigenvalue weighted by Crippen LogP contribution is -2.58. The molecule has 4 N–H and O–H groups in total. The summed E-state index contributed by atoms with van der Waals surface area (Å²) in [5.74, 6) is -0.526. The van der Waals surface area contributed by atoms with Crippen molar-refractivity contribution in [2.75, 3.05) is 39.8 Å². The lowest BCUT2D eigenvalue weighted by Gasteiger charge is -2.41. The number of carbonyl (C=O) groups excluding carboxylic acids is 2. The van der Waals surface area contributed by atoms with Crippen LogP contribution in [0.4, 0.5) is 4.79 Å². The highest BCUT2D eigenvalue weighted by molar-refractivity contribution is 6.09. The molecule has 0 spiro atoms. The molecule has 1 saturated heterocycles. The summed E-state index contributed by atoms with van der Waals surface area (Å²) in [7, 11) is 2.08. The molecular weight excluding hydrogens is 490 g/mol. The maximum atomic E-state index is 13.6. The van der Waals surface area contributed by atoms with Crippen LogP contribution >= 0.6 is 0 Å². The molecule has 0 aliphatic carbocycles. The number of carbonyl (C=O) groups is 2. The first-order valence-corrected chi connectivity index (χ1v) is 13.4. The molecule has 39 heavy (non-hydrogen) atoms. The van der Waals surface area contributed by atoms with Gasteiger partial charge in [0.25, 0.3) is 5.91 Å². The van der Waals surface area contributed by atoms with E-state index in [1.807, 2.05) is 67.3 Å². The molecule has 0 saturated carbocycles. The second-order valence-electron chi connectivity index (χ2n) is 9.63. The van der Waals surface area contributed by atoms with Gasteiger partial charge in [-0.1, -0.05) is 68.4 Å². The Labute approximate surface area is 229 Å². The summed E-state index contributed by atoms with van der Waals surface area (Å²) in [5.41, 5.74) is 15.5. The average molecular weight is 528 g/mol. The minimum atomic E-state index is -0.546. The molecule has 3 heterocycles. The molecule has 1 aromatic heterocycles. The quantitative estimate of drug-likeness (QED) is 0.397. The van der Waals surface area contributed by atoms with Gasteiger partial charge < -0.3 is 26.2 Å². The molecule has 9 heteroatoms. The number of piperazine rings is 1. The first-order valence-electron chi connectivity index (χ1n) is 13.4. The number of likely N-dealkylation sites (N-methyl/N-ethyl adjacent to an activating group) is 1. The Hall–Kier alpha value is -4.24. The predicted molar refractivity (Wildman–Crippen MR) is 155 cm³/mol. The van der Waals surface area contributed by atoms with E-state index in [9.17, 15) is 9.59 Å². The molecule has 0 bridgehead atoms. The molecular formula is C30H37N7O2. The van der Waals surface area contributed by atoms with Crippen molar-refractivity contribution in [3.63, 3.8) is 0 Å². The summed E-state index contributed by atoms with van der Waals surface area (Å²) < 4.78 is 0. The van der Waals surface area contributed by atoms with Crippen LogP contribution in [0.5, 0.6) is 0 Å². The van der Waals surface area contributed by atoms with Crippen LogP contribution in [0.3, 0.4) is 0 Å². The molecule has 3 amide bonds. The van der Waals surface area contributed by atoms with E-state index in [1.54, 1.807) is 11.0 Å². The van der Waals surface area contributed by atoms with E-state index < -0.39 is 5.91 Å². The smallest absolute Gasteiger partial charge is 0.321 e. The fraction of sp³-hybridized carbons (Fsp3) is 0.333. The zero-order valence-corrected chi connectivity index (χ0v) is 22.9. The summed E-state index contributed by atoms with van der Waals surface area (Å²) in [6.45, 7) is 6.69. The summed E-state index contributed by atoms with van der Waals surface area (Å²) in [6.07, 6.45) is 0.775. The van der Waals surface area contributed by atoms with Crippen molar-refractivity contribution in [2.24, 2.45) is 16.5 Å². The van der Waals surface area contributed by atoms with Crippen LogP contribution in [-0.2, 0) is 6.42 Å². The maximum Gasteiger partial charge on any atom is 0.321 e. The molecule has 2 aliphatic heterocycles. The van der Waals surface area contributed by atoms with Crippen molar-refractivity contribution < 1.29 is 9.59 Å². The lowest BCUT2D eigenvalue weighted by molar-refractivity contribution is 0.0900. The number of para-hydroxylation sites is 1. The Morgan fingerprint density at radius 3 is 2.46 bits per heavy atom. The Bertz CT molecular complexity index is 1390. The number of amides is 3. The van der Waals surface area contributed by atoms with Crippen molar-refractivity contribution in [3.05, 3.63) is 89.3 Å². The zero-order valence-electron chi connectivity index (χ0n) is 22.9. The van der Waals surface area contributed by atoms with Crippen LogP contribution in [0, 0.1) is 0 Å². The fourth-order valence-corrected chi connectivity index (χ4v) is 4.95. The summed E-state index contributed by atoms with van der Waals surface area (Å²) in [6, 6.07) is 21.2. The second-order valence-corrected chi connectivity index (χ2v) is 9.63. The third-order valence-electron chi connectivity index (χ3n) is 6.96. The summed E-state index contributed by atoms with van der Waals surface area (Å²) >= 11 is 0. The standard InChI is InChI=1S/C28H31N7O2.C2H6/c1-33-13-14-35(21(16-33)15-19-7-3-2-4-8-19)28(37)34-17-22(23(29)18-34)26(30)32-27(36)25-12-11-20-9-5-6-10-24(20)31-25;1-2/h2-12,21H,13-18,29H2,1H3,(H2,30,32,36);1-2H3. The van der Waals surface area contributed by atoms with Crippen LogP contribution in [0.2, 0.25) is 0 Å². The highest BCUT2D eigenvalue weighted by atomic mass is 16.2. The average Bonchev–Trinajstić information content (AvgIpc) is 3.36. The van der Waals surface area contributed by atoms with Gasteiger partial charge >= 0.3 is 6.03 Å². The largest absolute Gasteiger partial charge is 0.400 e. The third-order valence-corrected chi connectivity index (χ3v) is 6.96. The number of urea groups is 1. The van der Waals surface area contributed by atoms with Gasteiger partial charge in [0.2, 0.25) is 0 Å². The fourth-order valence-electron chi connectivity index (χ4n) is 4.95. The minimum absolute atomic E-state index is 0.0203. The number of aromatic nitrogens is 1. The number of rotatable bonds is 4. The Morgan fingerprint density at radius 1 is 0.974 bits per heavy atom. The zero-order chi connectivity index (χ0) is 27.9. The number of hydrogen-bond donors (Lipinski definition) is 2. The topological polar surface area (TPSA) is 121 Å². The number of nitrogens with two attached hydrogens (primary N) is 2. The normalized spacial score (nSPS) is 18.2. The number of nitrogens with zero attached hydrogens (tertiary/aromatic N) is 5. The van der Waals surface area contributed by atoms with Crippen LogP contribution < -0.4 is 11.5 Å². The van der Waals surface area contributed by atoms with E-state index in [0.717, 1.165) is 24.9 Å². The van der Waals surface area contributed by atoms with Crippen LogP contribution in [0.1, 0.15) is 29.9 Å². The number of aliphatic imine (C=N–C) groups is 1. The molecule has 3 aromatic rings. The monoisotopic (exact) mass is 527 g/mol. The molecule has 1 fully saturated rings. The molecule has 0 radical (unpaired) electrons. The van der Waals surface area contributed by atoms with E-state index in [1.165, 1.54) is 5.56 Å². The van der Waals surface area contributed by atoms with Gasteiger partial charge in [0.1, 0.15) is 11.5 Å². The number of amidine groups is 1. The molecule has 204 valence electrons. The van der Waals surface area contributed by atoms with Crippen LogP contribution in [-0.4, -0.2) is 83.3 Å². The van der Waals surface area contributed by atoms with Gasteiger partial charge in [-0.3, -0.25) is 4.79 Å². The van der Waals surface area contributed by atoms with Gasteiger partial charge in [-0.05, 0) is 31.2 Å². The highest BCUT2D eigenvalue weighted by Gasteiger charge is 2.35. The summed E-state index contributed by atoms with van der Waals surface area (Å²) in [4.78, 5) is 40.7. The van der Waals surface area contributed by atoms with Gasteiger partial charge in [-0.15, -0.1) is 0 Å². The van der Waals surface area contributed by atoms with Gasteiger partial charge in [-0.25, -0.2) is 9.78 Å². The van der Waals surface area contributed by atoms with E-state index in [-0.39, 0.29) is 36.7 Å². The first kappa shape index (κ1) is 27.8. The Balaban J connectivity index is 0.00000172. The number of benzene rings is 2. The van der Waals surface area contributed by atoms with Gasteiger partial charge in [0.05, 0.1) is 24.6 Å². The second kappa shape index (κ2) is 12.5. The van der Waals surface area contributed by atoms with Crippen molar-refractivity contribution >= 4 is 28.7 Å². The highest BCUT2D eigenvalue weighted by Crippen LogP contribution is 2.21. The van der Waals surface area contributed by atoms with E-state index in [0.29, 0.717) is 23.3 Å². The van der Waals surface area contributed by atoms with Crippen molar-refractivity contribution in [1.29, 1.82) is 0 Å². The van der Waals surface area contributed by atoms with E-state index in [4.69, 9.17) is 11.5 Å². The molecule has 5 rings (SSSR count). The van der Waals surface area contributed by atoms with Gasteiger partial charge in [0.15, 0.2) is 0 Å². The summed E-state index contributed by atoms with van der Waals surface area (Å²) in [5, 5.41) is 0.933. The number of hydrogen-bond acceptors (Lipinski definition) is 5. The number of pyridine rings is 1. The van der Waals surface area contributed by atoms with Crippen molar-refractivity contribution in [2.45, 2.75) is 26.3 Å². The van der Waals surface area contributed by atoms with Crippen LogP contribution in [0.15, 0.2) is 83.0 Å². The Morgan fingerprint density at radius 2 is 1.69 bits per heavy atom. The molecule has 1 atom stereocenters. The van der Waals surface area contributed by atoms with Crippen LogP contribution in [0.25, 0.3) is 10.9 Å². The van der Waals surface area contributed by atoms with Gasteiger partial charge in [0, 0.05) is 36.3 Å². The third kappa shape index (κ3) is 6.43. The SMILES string of the molecule is CC.CN1CCN(C(=O)N2CC(N)=C(C(N)=NC(=O)c3ccc4ccccc4n3)C2)C(Cc2ccccc2)C1. The first-order chi connectivity index (χ1) is 18.9. The Kier molecular flexibility index (Phi) is 8.93. The van der Waals surface area contributed by atoms with E-state index in [2.05, 4.69) is 34.1 Å². The predicted octanol–water partition coefficient (Wildman–Crippen LogP) is 3.27.